The van der Waals surface area contributed by atoms with Crippen molar-refractivity contribution in [3.05, 3.63) is 72.7 Å². The molecule has 0 radical (unpaired) electrons. The monoisotopic (exact) mass is 372 g/mol. The minimum Gasteiger partial charge on any atom is -0.497 e. The molecule has 2 heterocycles. The van der Waals surface area contributed by atoms with Gasteiger partial charge in [-0.15, -0.1) is 0 Å². The molecule has 0 amide bonds. The molecule has 7 heteroatoms. The second-order valence-electron chi connectivity index (χ2n) is 6.19. The number of anilines is 4. The molecular weight excluding hydrogens is 352 g/mol. The number of nitrogens with one attached hydrogen (secondary N) is 2. The van der Waals surface area contributed by atoms with Gasteiger partial charge in [-0.3, -0.25) is 4.98 Å². The van der Waals surface area contributed by atoms with Crippen LogP contribution in [0.15, 0.2) is 67.1 Å². The Labute approximate surface area is 162 Å². The number of hydrogen-bond donors (Lipinski definition) is 3. The Morgan fingerprint density at radius 3 is 2.57 bits per heavy atom. The van der Waals surface area contributed by atoms with Gasteiger partial charge in [-0.2, -0.15) is 0 Å². The van der Waals surface area contributed by atoms with E-state index in [1.165, 1.54) is 6.33 Å². The lowest BCUT2D eigenvalue weighted by Crippen LogP contribution is -2.08. The summed E-state index contributed by atoms with van der Waals surface area (Å²) in [4.78, 5) is 12.9. The second-order valence-corrected chi connectivity index (χ2v) is 6.19. The molecule has 28 heavy (non-hydrogen) atoms. The minimum atomic E-state index is 0.455. The number of benzene rings is 2. The molecule has 0 aliphatic rings. The van der Waals surface area contributed by atoms with E-state index in [0.29, 0.717) is 23.9 Å². The highest BCUT2D eigenvalue weighted by Crippen LogP contribution is 2.29. The number of ether oxygens (including phenoxy) is 1. The van der Waals surface area contributed by atoms with Crippen molar-refractivity contribution in [3.63, 3.8) is 0 Å². The SMILES string of the molecule is COc1ccc(CNc2ncnc(Nc3cccc4ncccc34)c2N)cc1. The van der Waals surface area contributed by atoms with Gasteiger partial charge in [0, 0.05) is 23.8 Å². The van der Waals surface area contributed by atoms with Crippen LogP contribution >= 0.6 is 0 Å². The van der Waals surface area contributed by atoms with Gasteiger partial charge in [0.15, 0.2) is 11.6 Å². The van der Waals surface area contributed by atoms with E-state index in [2.05, 4.69) is 25.6 Å². The Morgan fingerprint density at radius 1 is 0.929 bits per heavy atom. The molecule has 0 saturated carbocycles. The van der Waals surface area contributed by atoms with Gasteiger partial charge in [-0.25, -0.2) is 9.97 Å². The molecule has 0 atom stereocenters. The molecule has 7 nitrogen and oxygen atoms in total. The van der Waals surface area contributed by atoms with Crippen molar-refractivity contribution in [2.24, 2.45) is 0 Å². The van der Waals surface area contributed by atoms with E-state index in [4.69, 9.17) is 10.5 Å². The fraction of sp³-hybridized carbons (Fsp3) is 0.0952. The number of pyridine rings is 1. The standard InChI is InChI=1S/C21H20N6O/c1-28-15-9-7-14(8-10-15)12-24-20-19(22)21(26-13-25-20)27-18-6-2-5-17-16(18)4-3-11-23-17/h2-11,13H,12,22H2,1H3,(H2,24,25,26,27). The van der Waals surface area contributed by atoms with Crippen LogP contribution in [0.5, 0.6) is 5.75 Å². The highest BCUT2D eigenvalue weighted by molar-refractivity contribution is 5.94. The molecule has 2 aromatic carbocycles. The molecule has 4 N–H and O–H groups in total. The maximum absolute atomic E-state index is 6.30. The largest absolute Gasteiger partial charge is 0.497 e. The second kappa shape index (κ2) is 7.79. The maximum Gasteiger partial charge on any atom is 0.159 e. The van der Waals surface area contributed by atoms with Crippen LogP contribution in [0.25, 0.3) is 10.9 Å². The molecule has 0 aliphatic heterocycles. The number of fused-ring (bicyclic) bond motifs is 1. The minimum absolute atomic E-state index is 0.455. The molecule has 0 aliphatic carbocycles. The smallest absolute Gasteiger partial charge is 0.159 e. The van der Waals surface area contributed by atoms with Crippen LogP contribution in [0.3, 0.4) is 0 Å². The molecule has 4 aromatic rings. The Bertz CT molecular complexity index is 1090. The van der Waals surface area contributed by atoms with Crippen LogP contribution < -0.4 is 21.1 Å². The topological polar surface area (TPSA) is 98.0 Å². The Balaban J connectivity index is 1.54. The zero-order chi connectivity index (χ0) is 19.3. The van der Waals surface area contributed by atoms with Gasteiger partial charge in [0.1, 0.15) is 17.8 Å². The molecule has 2 aromatic heterocycles. The van der Waals surface area contributed by atoms with E-state index in [1.807, 2.05) is 54.6 Å². The first-order chi connectivity index (χ1) is 13.7. The van der Waals surface area contributed by atoms with E-state index in [9.17, 15) is 0 Å². The summed E-state index contributed by atoms with van der Waals surface area (Å²) in [5.74, 6) is 1.94. The molecule has 0 saturated heterocycles. The summed E-state index contributed by atoms with van der Waals surface area (Å²) in [7, 11) is 1.65. The Morgan fingerprint density at radius 2 is 1.75 bits per heavy atom. The number of rotatable bonds is 6. The summed E-state index contributed by atoms with van der Waals surface area (Å²) in [6.45, 7) is 0.586. The van der Waals surface area contributed by atoms with Gasteiger partial charge in [0.25, 0.3) is 0 Å². The molecule has 0 fully saturated rings. The fourth-order valence-corrected chi connectivity index (χ4v) is 2.91. The van der Waals surface area contributed by atoms with Gasteiger partial charge in [0.05, 0.1) is 12.6 Å². The summed E-state index contributed by atoms with van der Waals surface area (Å²) >= 11 is 0. The van der Waals surface area contributed by atoms with Gasteiger partial charge < -0.3 is 21.1 Å². The summed E-state index contributed by atoms with van der Waals surface area (Å²) in [6.07, 6.45) is 3.25. The number of nitrogen functional groups attached to an aromatic ring is 1. The van der Waals surface area contributed by atoms with Gasteiger partial charge in [-0.05, 0) is 42.0 Å². The number of nitrogens with two attached hydrogens (primary N) is 1. The predicted octanol–water partition coefficient (Wildman–Crippen LogP) is 3.97. The van der Waals surface area contributed by atoms with Crippen molar-refractivity contribution < 1.29 is 4.74 Å². The summed E-state index contributed by atoms with van der Waals surface area (Å²) < 4.78 is 5.18. The van der Waals surface area contributed by atoms with Crippen molar-refractivity contribution in [2.75, 3.05) is 23.5 Å². The van der Waals surface area contributed by atoms with E-state index in [0.717, 1.165) is 27.9 Å². The van der Waals surface area contributed by atoms with Crippen molar-refractivity contribution in [3.8, 4) is 5.75 Å². The van der Waals surface area contributed by atoms with Gasteiger partial charge >= 0.3 is 0 Å². The predicted molar refractivity (Wildman–Crippen MR) is 112 cm³/mol. The number of hydrogen-bond acceptors (Lipinski definition) is 7. The number of aromatic nitrogens is 3. The number of nitrogens with zero attached hydrogens (tertiary/aromatic N) is 3. The van der Waals surface area contributed by atoms with E-state index in [-0.39, 0.29) is 0 Å². The van der Waals surface area contributed by atoms with E-state index >= 15 is 0 Å². The lowest BCUT2D eigenvalue weighted by atomic mass is 10.2. The van der Waals surface area contributed by atoms with Crippen LogP contribution in [0, 0.1) is 0 Å². The first-order valence-electron chi connectivity index (χ1n) is 8.82. The van der Waals surface area contributed by atoms with E-state index < -0.39 is 0 Å². The molecule has 4 rings (SSSR count). The maximum atomic E-state index is 6.30. The quantitative estimate of drug-likeness (QED) is 0.471. The van der Waals surface area contributed by atoms with E-state index in [1.54, 1.807) is 13.3 Å². The van der Waals surface area contributed by atoms with Crippen LogP contribution in [0.4, 0.5) is 23.0 Å². The van der Waals surface area contributed by atoms with Crippen LogP contribution in [-0.2, 0) is 6.54 Å². The molecule has 0 bridgehead atoms. The average Bonchev–Trinajstić information content (AvgIpc) is 2.75. The first kappa shape index (κ1) is 17.5. The van der Waals surface area contributed by atoms with Crippen LogP contribution in [0.1, 0.15) is 5.56 Å². The zero-order valence-electron chi connectivity index (χ0n) is 15.4. The van der Waals surface area contributed by atoms with Gasteiger partial charge in [-0.1, -0.05) is 18.2 Å². The molecule has 0 spiro atoms. The lowest BCUT2D eigenvalue weighted by molar-refractivity contribution is 0.414. The summed E-state index contributed by atoms with van der Waals surface area (Å²) in [5.41, 5.74) is 9.63. The van der Waals surface area contributed by atoms with Crippen LogP contribution in [-0.4, -0.2) is 22.1 Å². The zero-order valence-corrected chi connectivity index (χ0v) is 15.4. The molecule has 0 unspecified atom stereocenters. The highest BCUT2D eigenvalue weighted by Gasteiger charge is 2.10. The summed E-state index contributed by atoms with van der Waals surface area (Å²) in [5, 5.41) is 7.55. The fourth-order valence-electron chi connectivity index (χ4n) is 2.91. The van der Waals surface area contributed by atoms with Crippen molar-refractivity contribution in [1.82, 2.24) is 15.0 Å². The highest BCUT2D eigenvalue weighted by atomic mass is 16.5. The third-order valence-electron chi connectivity index (χ3n) is 4.40. The van der Waals surface area contributed by atoms with Gasteiger partial charge in [0.2, 0.25) is 0 Å². The lowest BCUT2D eigenvalue weighted by Gasteiger charge is -2.14. The first-order valence-corrected chi connectivity index (χ1v) is 8.82. The van der Waals surface area contributed by atoms with Crippen molar-refractivity contribution >= 4 is 33.9 Å². The third kappa shape index (κ3) is 3.64. The number of methoxy groups -OCH3 is 1. The normalized spacial score (nSPS) is 10.6. The molecular formula is C21H20N6O. The third-order valence-corrected chi connectivity index (χ3v) is 4.40. The molecule has 140 valence electrons. The Hall–Kier alpha value is -3.87. The Kier molecular flexibility index (Phi) is 4.88. The van der Waals surface area contributed by atoms with Crippen molar-refractivity contribution in [2.45, 2.75) is 6.54 Å². The van der Waals surface area contributed by atoms with Crippen LogP contribution in [0.2, 0.25) is 0 Å². The average molecular weight is 372 g/mol. The van der Waals surface area contributed by atoms with Crippen molar-refractivity contribution in [1.29, 1.82) is 0 Å². The summed E-state index contributed by atoms with van der Waals surface area (Å²) in [6, 6.07) is 17.6.